The van der Waals surface area contributed by atoms with Crippen LogP contribution >= 0.6 is 27.5 Å². The van der Waals surface area contributed by atoms with Gasteiger partial charge >= 0.3 is 0 Å². The number of fused-ring (bicyclic) bond motifs is 1. The smallest absolute Gasteiger partial charge is 0.243 e. The first-order valence-corrected chi connectivity index (χ1v) is 13.3. The molecule has 3 aromatic rings. The summed E-state index contributed by atoms with van der Waals surface area (Å²) in [4.78, 5) is 13.2. The Morgan fingerprint density at radius 3 is 2.45 bits per heavy atom. The lowest BCUT2D eigenvalue weighted by Crippen LogP contribution is -2.42. The molecule has 3 aromatic carbocycles. The zero-order valence-electron chi connectivity index (χ0n) is 17.9. The van der Waals surface area contributed by atoms with Gasteiger partial charge in [-0.25, -0.2) is 8.42 Å². The molecule has 33 heavy (non-hydrogen) atoms. The van der Waals surface area contributed by atoms with Gasteiger partial charge in [-0.2, -0.15) is 4.31 Å². The summed E-state index contributed by atoms with van der Waals surface area (Å²) in [6.45, 7) is -0.202. The fourth-order valence-corrected chi connectivity index (χ4v) is 5.85. The summed E-state index contributed by atoms with van der Waals surface area (Å²) >= 11 is 9.34. The quantitative estimate of drug-likeness (QED) is 0.426. The molecular weight excluding hydrogens is 524 g/mol. The SMILES string of the molecule is O=C(CN(Cc1ccc(Br)cc1)S(=O)(=O)c1ccc(Cl)cc1)N[C@H]1CCCc2ccccc21. The summed E-state index contributed by atoms with van der Waals surface area (Å²) in [5, 5.41) is 3.51. The summed E-state index contributed by atoms with van der Waals surface area (Å²) in [6, 6.07) is 21.3. The third kappa shape index (κ3) is 5.84. The highest BCUT2D eigenvalue weighted by Gasteiger charge is 2.29. The lowest BCUT2D eigenvalue weighted by molar-refractivity contribution is -0.122. The summed E-state index contributed by atoms with van der Waals surface area (Å²) in [5.74, 6) is -0.327. The van der Waals surface area contributed by atoms with E-state index in [0.717, 1.165) is 34.9 Å². The van der Waals surface area contributed by atoms with Crippen LogP contribution in [-0.2, 0) is 27.8 Å². The van der Waals surface area contributed by atoms with Gasteiger partial charge in [-0.1, -0.05) is 63.9 Å². The second kappa shape index (κ2) is 10.4. The number of carbonyl (C=O) groups is 1. The van der Waals surface area contributed by atoms with Crippen molar-refractivity contribution in [1.29, 1.82) is 0 Å². The van der Waals surface area contributed by atoms with Gasteiger partial charge in [0.05, 0.1) is 17.5 Å². The largest absolute Gasteiger partial charge is 0.348 e. The number of carbonyl (C=O) groups excluding carboxylic acids is 1. The van der Waals surface area contributed by atoms with Gasteiger partial charge in [-0.15, -0.1) is 0 Å². The van der Waals surface area contributed by atoms with Crippen LogP contribution in [0, 0.1) is 0 Å². The first-order valence-electron chi connectivity index (χ1n) is 10.7. The molecule has 0 saturated carbocycles. The molecule has 1 aliphatic carbocycles. The second-order valence-electron chi connectivity index (χ2n) is 8.06. The molecule has 1 amide bonds. The van der Waals surface area contributed by atoms with Crippen LogP contribution in [0.25, 0.3) is 0 Å². The van der Waals surface area contributed by atoms with Crippen molar-refractivity contribution in [2.75, 3.05) is 6.54 Å². The van der Waals surface area contributed by atoms with Crippen molar-refractivity contribution in [3.05, 3.63) is 99.0 Å². The molecule has 0 radical (unpaired) electrons. The van der Waals surface area contributed by atoms with Crippen LogP contribution in [0.2, 0.25) is 5.02 Å². The van der Waals surface area contributed by atoms with E-state index in [4.69, 9.17) is 11.6 Å². The molecule has 1 N–H and O–H groups in total. The molecule has 1 aliphatic rings. The number of nitrogens with zero attached hydrogens (tertiary/aromatic N) is 1. The zero-order valence-corrected chi connectivity index (χ0v) is 21.0. The highest BCUT2D eigenvalue weighted by atomic mass is 79.9. The topological polar surface area (TPSA) is 66.5 Å². The first-order chi connectivity index (χ1) is 15.8. The summed E-state index contributed by atoms with van der Waals surface area (Å²) < 4.78 is 29.0. The number of rotatable bonds is 7. The molecule has 172 valence electrons. The lowest BCUT2D eigenvalue weighted by atomic mass is 9.88. The molecule has 4 rings (SSSR count). The van der Waals surface area contributed by atoms with Crippen molar-refractivity contribution in [2.24, 2.45) is 0 Å². The van der Waals surface area contributed by atoms with Crippen molar-refractivity contribution < 1.29 is 13.2 Å². The number of aryl methyl sites for hydroxylation is 1. The van der Waals surface area contributed by atoms with E-state index in [1.54, 1.807) is 0 Å². The minimum absolute atomic E-state index is 0.0763. The minimum atomic E-state index is -3.92. The molecule has 0 bridgehead atoms. The fraction of sp³-hybridized carbons (Fsp3) is 0.240. The van der Waals surface area contributed by atoms with Gasteiger partial charge in [0, 0.05) is 16.0 Å². The van der Waals surface area contributed by atoms with E-state index in [1.165, 1.54) is 34.1 Å². The number of halogens is 2. The second-order valence-corrected chi connectivity index (χ2v) is 11.4. The monoisotopic (exact) mass is 546 g/mol. The Morgan fingerprint density at radius 1 is 1.03 bits per heavy atom. The molecular formula is C25H24BrClN2O3S. The van der Waals surface area contributed by atoms with Crippen LogP contribution in [0.4, 0.5) is 0 Å². The molecule has 0 unspecified atom stereocenters. The lowest BCUT2D eigenvalue weighted by Gasteiger charge is -2.28. The van der Waals surface area contributed by atoms with E-state index in [0.29, 0.717) is 5.02 Å². The standard InChI is InChI=1S/C25H24BrClN2O3S/c26-20-10-8-18(9-11-20)16-29(33(31,32)22-14-12-21(27)13-15-22)17-25(30)28-24-7-3-5-19-4-1-2-6-23(19)24/h1-2,4,6,8-15,24H,3,5,7,16-17H2,(H,28,30)/t24-/m0/s1. The highest BCUT2D eigenvalue weighted by molar-refractivity contribution is 9.10. The van der Waals surface area contributed by atoms with E-state index in [1.807, 2.05) is 42.5 Å². The number of nitrogens with one attached hydrogen (secondary N) is 1. The fourth-order valence-electron chi connectivity index (χ4n) is 4.08. The third-order valence-corrected chi connectivity index (χ3v) is 8.33. The molecule has 8 heteroatoms. The van der Waals surface area contributed by atoms with E-state index in [2.05, 4.69) is 27.3 Å². The molecule has 1 atom stereocenters. The Bertz CT molecular complexity index is 1230. The normalized spacial score (nSPS) is 15.8. The van der Waals surface area contributed by atoms with E-state index in [-0.39, 0.29) is 29.9 Å². The van der Waals surface area contributed by atoms with Crippen LogP contribution in [-0.4, -0.2) is 25.2 Å². The number of hydrogen-bond donors (Lipinski definition) is 1. The van der Waals surface area contributed by atoms with Crippen LogP contribution < -0.4 is 5.32 Å². The molecule has 0 heterocycles. The Labute approximate surface area is 207 Å². The maximum Gasteiger partial charge on any atom is 0.243 e. The number of hydrogen-bond acceptors (Lipinski definition) is 3. The predicted molar refractivity (Wildman–Crippen MR) is 133 cm³/mol. The highest BCUT2D eigenvalue weighted by Crippen LogP contribution is 2.29. The number of benzene rings is 3. The van der Waals surface area contributed by atoms with Crippen LogP contribution in [0.1, 0.15) is 35.6 Å². The number of sulfonamides is 1. The average Bonchev–Trinajstić information content (AvgIpc) is 2.80. The first kappa shape index (κ1) is 24.0. The van der Waals surface area contributed by atoms with Crippen molar-refractivity contribution in [2.45, 2.75) is 36.7 Å². The van der Waals surface area contributed by atoms with Crippen molar-refractivity contribution in [1.82, 2.24) is 9.62 Å². The van der Waals surface area contributed by atoms with E-state index >= 15 is 0 Å². The van der Waals surface area contributed by atoms with Crippen LogP contribution in [0.5, 0.6) is 0 Å². The Kier molecular flexibility index (Phi) is 7.54. The van der Waals surface area contributed by atoms with E-state index in [9.17, 15) is 13.2 Å². The maximum atomic E-state index is 13.4. The average molecular weight is 548 g/mol. The summed E-state index contributed by atoms with van der Waals surface area (Å²) in [5.41, 5.74) is 3.12. The molecule has 0 fully saturated rings. The Morgan fingerprint density at radius 2 is 1.73 bits per heavy atom. The van der Waals surface area contributed by atoms with Crippen molar-refractivity contribution in [3.63, 3.8) is 0 Å². The van der Waals surface area contributed by atoms with Gasteiger partial charge in [0.25, 0.3) is 0 Å². The van der Waals surface area contributed by atoms with Gasteiger partial charge in [0.2, 0.25) is 15.9 Å². The van der Waals surface area contributed by atoms with Crippen LogP contribution in [0.15, 0.2) is 82.2 Å². The van der Waals surface area contributed by atoms with Crippen molar-refractivity contribution >= 4 is 43.5 Å². The Hall–Kier alpha value is -2.19. The van der Waals surface area contributed by atoms with Gasteiger partial charge in [-0.3, -0.25) is 4.79 Å². The Balaban J connectivity index is 1.57. The molecule has 0 spiro atoms. The van der Waals surface area contributed by atoms with Crippen molar-refractivity contribution in [3.8, 4) is 0 Å². The van der Waals surface area contributed by atoms with Gasteiger partial charge in [-0.05, 0) is 72.4 Å². The summed E-state index contributed by atoms with van der Waals surface area (Å²) in [6.07, 6.45) is 2.80. The number of amides is 1. The molecule has 0 saturated heterocycles. The third-order valence-electron chi connectivity index (χ3n) is 5.75. The molecule has 5 nitrogen and oxygen atoms in total. The minimum Gasteiger partial charge on any atom is -0.348 e. The maximum absolute atomic E-state index is 13.4. The molecule has 0 aromatic heterocycles. The zero-order chi connectivity index (χ0) is 23.4. The van der Waals surface area contributed by atoms with Gasteiger partial charge < -0.3 is 5.32 Å². The molecule has 0 aliphatic heterocycles. The van der Waals surface area contributed by atoms with Gasteiger partial charge in [0.15, 0.2) is 0 Å². The van der Waals surface area contributed by atoms with Gasteiger partial charge in [0.1, 0.15) is 0 Å². The van der Waals surface area contributed by atoms with Crippen LogP contribution in [0.3, 0.4) is 0 Å². The summed E-state index contributed by atoms with van der Waals surface area (Å²) in [7, 11) is -3.92. The predicted octanol–water partition coefficient (Wildman–Crippen LogP) is 5.49. The van der Waals surface area contributed by atoms with E-state index < -0.39 is 10.0 Å².